The molecule has 0 saturated heterocycles. The van der Waals surface area contributed by atoms with E-state index in [-0.39, 0.29) is 36.1 Å². The third kappa shape index (κ3) is 8.97. The fourth-order valence-corrected chi connectivity index (χ4v) is 1.31. The minimum absolute atomic E-state index is 0. The lowest BCUT2D eigenvalue weighted by molar-refractivity contribution is -0.132. The van der Waals surface area contributed by atoms with Gasteiger partial charge in [-0.3, -0.25) is 9.69 Å². The first-order valence-electron chi connectivity index (χ1n) is 5.84. The van der Waals surface area contributed by atoms with E-state index in [0.717, 1.165) is 0 Å². The van der Waals surface area contributed by atoms with Crippen molar-refractivity contribution in [1.29, 1.82) is 0 Å². The summed E-state index contributed by atoms with van der Waals surface area (Å²) in [5, 5.41) is 0. The Balaban J connectivity index is -0.00000112. The molecule has 0 rings (SSSR count). The summed E-state index contributed by atoms with van der Waals surface area (Å²) in [6.07, 6.45) is 0. The zero-order chi connectivity index (χ0) is 12.9. The van der Waals surface area contributed by atoms with Gasteiger partial charge in [-0.15, -0.1) is 24.8 Å². The van der Waals surface area contributed by atoms with Crippen LogP contribution in [0.1, 0.15) is 27.7 Å². The van der Waals surface area contributed by atoms with Crippen LogP contribution in [0.4, 0.5) is 0 Å². The minimum Gasteiger partial charge on any atom is -0.344 e. The summed E-state index contributed by atoms with van der Waals surface area (Å²) in [6, 6.07) is 0.389. The summed E-state index contributed by atoms with van der Waals surface area (Å²) in [5.74, 6) is 0.151. The molecule has 0 heterocycles. The van der Waals surface area contributed by atoms with Crippen molar-refractivity contribution in [3.05, 3.63) is 0 Å². The smallest absolute Gasteiger partial charge is 0.236 e. The van der Waals surface area contributed by atoms with E-state index in [1.54, 1.807) is 4.90 Å². The SMILES string of the molecule is CC(C)N(C)CC(=O)N(C)CC(C)(C)CN.Cl.Cl. The third-order valence-electron chi connectivity index (χ3n) is 2.91. The fraction of sp³-hybridized carbons (Fsp3) is 0.917. The van der Waals surface area contributed by atoms with Crippen LogP contribution in [0, 0.1) is 5.41 Å². The lowest BCUT2D eigenvalue weighted by atomic mass is 9.93. The molecule has 0 atom stereocenters. The summed E-state index contributed by atoms with van der Waals surface area (Å²) in [7, 11) is 3.80. The van der Waals surface area contributed by atoms with Gasteiger partial charge in [0.05, 0.1) is 6.54 Å². The molecule has 1 amide bonds. The molecule has 0 aliphatic carbocycles. The van der Waals surface area contributed by atoms with Crippen LogP contribution < -0.4 is 5.73 Å². The zero-order valence-electron chi connectivity index (χ0n) is 12.4. The number of rotatable bonds is 6. The standard InChI is InChI=1S/C12H27N3O.2ClH/c1-10(2)14(5)7-11(16)15(6)9-12(3,4)8-13;;/h10H,7-9,13H2,1-6H3;2*1H. The van der Waals surface area contributed by atoms with Crippen LogP contribution in [0.2, 0.25) is 0 Å². The van der Waals surface area contributed by atoms with Gasteiger partial charge in [0.25, 0.3) is 0 Å². The molecule has 0 aromatic rings. The molecule has 4 nitrogen and oxygen atoms in total. The molecule has 0 spiro atoms. The van der Waals surface area contributed by atoms with Crippen LogP contribution >= 0.6 is 24.8 Å². The Labute approximate surface area is 124 Å². The molecular formula is C12H29Cl2N3O. The van der Waals surface area contributed by atoms with Gasteiger partial charge >= 0.3 is 0 Å². The molecule has 0 radical (unpaired) electrons. The fourth-order valence-electron chi connectivity index (χ4n) is 1.31. The predicted octanol–water partition coefficient (Wildman–Crippen LogP) is 1.61. The first-order valence-corrected chi connectivity index (χ1v) is 5.84. The monoisotopic (exact) mass is 301 g/mol. The van der Waals surface area contributed by atoms with E-state index in [1.807, 2.05) is 19.0 Å². The van der Waals surface area contributed by atoms with Gasteiger partial charge in [0.1, 0.15) is 0 Å². The van der Waals surface area contributed by atoms with Crippen molar-refractivity contribution in [2.45, 2.75) is 33.7 Å². The number of halogens is 2. The first kappa shape index (κ1) is 23.1. The maximum atomic E-state index is 11.9. The average molecular weight is 302 g/mol. The molecule has 0 aromatic heterocycles. The van der Waals surface area contributed by atoms with Crippen LogP contribution in [0.15, 0.2) is 0 Å². The van der Waals surface area contributed by atoms with Crippen LogP contribution in [-0.2, 0) is 4.79 Å². The number of nitrogens with zero attached hydrogens (tertiary/aromatic N) is 2. The lowest BCUT2D eigenvalue weighted by Crippen LogP contribution is -2.44. The van der Waals surface area contributed by atoms with Gasteiger partial charge in [-0.1, -0.05) is 13.8 Å². The Hall–Kier alpha value is -0.0300. The average Bonchev–Trinajstić information content (AvgIpc) is 2.16. The summed E-state index contributed by atoms with van der Waals surface area (Å²) in [6.45, 7) is 10.1. The van der Waals surface area contributed by atoms with Crippen molar-refractivity contribution in [2.75, 3.05) is 33.7 Å². The second-order valence-electron chi connectivity index (χ2n) is 5.63. The molecular weight excluding hydrogens is 273 g/mol. The van der Waals surface area contributed by atoms with Crippen molar-refractivity contribution in [2.24, 2.45) is 11.1 Å². The second kappa shape index (κ2) is 9.84. The molecule has 0 unspecified atom stereocenters. The van der Waals surface area contributed by atoms with Gasteiger partial charge in [0.2, 0.25) is 5.91 Å². The van der Waals surface area contributed by atoms with Crippen LogP contribution in [-0.4, -0.2) is 55.5 Å². The van der Waals surface area contributed by atoms with E-state index in [0.29, 0.717) is 25.7 Å². The molecule has 0 fully saturated rings. The highest BCUT2D eigenvalue weighted by Crippen LogP contribution is 2.14. The largest absolute Gasteiger partial charge is 0.344 e. The van der Waals surface area contributed by atoms with Crippen LogP contribution in [0.5, 0.6) is 0 Å². The summed E-state index contributed by atoms with van der Waals surface area (Å²) < 4.78 is 0. The summed E-state index contributed by atoms with van der Waals surface area (Å²) in [4.78, 5) is 15.7. The Bertz CT molecular complexity index is 235. The Morgan fingerprint density at radius 1 is 1.22 bits per heavy atom. The van der Waals surface area contributed by atoms with Gasteiger partial charge < -0.3 is 10.6 Å². The number of hydrogen-bond donors (Lipinski definition) is 1. The second-order valence-corrected chi connectivity index (χ2v) is 5.63. The maximum Gasteiger partial charge on any atom is 0.236 e. The maximum absolute atomic E-state index is 11.9. The highest BCUT2D eigenvalue weighted by Gasteiger charge is 2.21. The normalized spacial score (nSPS) is 10.9. The molecule has 6 heteroatoms. The highest BCUT2D eigenvalue weighted by atomic mass is 35.5. The van der Waals surface area contributed by atoms with Crippen molar-refractivity contribution in [3.8, 4) is 0 Å². The Morgan fingerprint density at radius 2 is 1.67 bits per heavy atom. The summed E-state index contributed by atoms with van der Waals surface area (Å²) in [5.41, 5.74) is 5.64. The van der Waals surface area contributed by atoms with E-state index >= 15 is 0 Å². The zero-order valence-corrected chi connectivity index (χ0v) is 14.0. The van der Waals surface area contributed by atoms with Gasteiger partial charge in [-0.2, -0.15) is 0 Å². The summed E-state index contributed by atoms with van der Waals surface area (Å²) >= 11 is 0. The predicted molar refractivity (Wildman–Crippen MR) is 82.7 cm³/mol. The number of amides is 1. The van der Waals surface area contributed by atoms with Crippen molar-refractivity contribution in [3.63, 3.8) is 0 Å². The van der Waals surface area contributed by atoms with E-state index in [9.17, 15) is 4.79 Å². The van der Waals surface area contributed by atoms with Gasteiger partial charge in [0.15, 0.2) is 0 Å². The van der Waals surface area contributed by atoms with Crippen molar-refractivity contribution >= 4 is 30.7 Å². The van der Waals surface area contributed by atoms with Gasteiger partial charge in [0, 0.05) is 19.6 Å². The van der Waals surface area contributed by atoms with E-state index in [1.165, 1.54) is 0 Å². The first-order chi connectivity index (χ1) is 7.19. The lowest BCUT2D eigenvalue weighted by Gasteiger charge is -2.30. The number of carbonyl (C=O) groups is 1. The number of hydrogen-bond acceptors (Lipinski definition) is 3. The molecule has 0 bridgehead atoms. The van der Waals surface area contributed by atoms with Crippen molar-refractivity contribution < 1.29 is 4.79 Å². The Kier molecular flexibility index (Phi) is 12.6. The number of nitrogens with two attached hydrogens (primary N) is 1. The van der Waals surface area contributed by atoms with Crippen LogP contribution in [0.3, 0.4) is 0 Å². The number of likely N-dealkylation sites (N-methyl/N-ethyl adjacent to an activating group) is 2. The molecule has 0 aromatic carbocycles. The van der Waals surface area contributed by atoms with Gasteiger partial charge in [-0.25, -0.2) is 0 Å². The third-order valence-corrected chi connectivity index (χ3v) is 2.91. The van der Waals surface area contributed by atoms with E-state index in [4.69, 9.17) is 5.73 Å². The van der Waals surface area contributed by atoms with Crippen LogP contribution in [0.25, 0.3) is 0 Å². The quantitative estimate of drug-likeness (QED) is 0.811. The molecule has 112 valence electrons. The molecule has 18 heavy (non-hydrogen) atoms. The molecule has 0 saturated carbocycles. The highest BCUT2D eigenvalue weighted by molar-refractivity contribution is 5.85. The molecule has 0 aliphatic heterocycles. The molecule has 2 N–H and O–H groups in total. The van der Waals surface area contributed by atoms with E-state index in [2.05, 4.69) is 27.7 Å². The topological polar surface area (TPSA) is 49.6 Å². The Morgan fingerprint density at radius 3 is 2.00 bits per heavy atom. The van der Waals surface area contributed by atoms with Gasteiger partial charge in [-0.05, 0) is 32.9 Å². The van der Waals surface area contributed by atoms with Crippen molar-refractivity contribution in [1.82, 2.24) is 9.80 Å². The minimum atomic E-state index is -0.0131. The van der Waals surface area contributed by atoms with E-state index < -0.39 is 0 Å². The molecule has 0 aliphatic rings. The number of carbonyl (C=O) groups excluding carboxylic acids is 1.